The molecule has 1 aromatic carbocycles. The summed E-state index contributed by atoms with van der Waals surface area (Å²) in [5.41, 5.74) is 1.13. The topological polar surface area (TPSA) is 67.4 Å². The largest absolute Gasteiger partial charge is 0.493 e. The number of nitrogens with one attached hydrogen (secondary N) is 2. The van der Waals surface area contributed by atoms with Gasteiger partial charge < -0.3 is 15.4 Å². The molecule has 0 radical (unpaired) electrons. The van der Waals surface area contributed by atoms with Crippen LogP contribution in [0.15, 0.2) is 24.3 Å². The molecule has 5 nitrogen and oxygen atoms in total. The lowest BCUT2D eigenvalue weighted by Gasteiger charge is -2.20. The molecule has 4 atom stereocenters. The quantitative estimate of drug-likeness (QED) is 0.868. The van der Waals surface area contributed by atoms with Crippen LogP contribution in [0, 0.1) is 0 Å². The molecule has 2 rings (SSSR count). The Bertz CT molecular complexity index is 535. The highest BCUT2D eigenvalue weighted by Crippen LogP contribution is 2.35. The highest BCUT2D eigenvalue weighted by atomic mass is 32.2. The normalized spacial score (nSPS) is 20.8. The molecule has 4 unspecified atom stereocenters. The summed E-state index contributed by atoms with van der Waals surface area (Å²) >= 11 is 0. The first-order valence-electron chi connectivity index (χ1n) is 7.07. The fourth-order valence-corrected chi connectivity index (χ4v) is 2.63. The first kappa shape index (κ1) is 15.8. The lowest BCUT2D eigenvalue weighted by Crippen LogP contribution is -2.45. The average Bonchev–Trinajstić information content (AvgIpc) is 2.88. The van der Waals surface area contributed by atoms with Crippen molar-refractivity contribution < 1.29 is 13.7 Å². The maximum Gasteiger partial charge on any atom is 0.315 e. The van der Waals surface area contributed by atoms with Gasteiger partial charge in [0.25, 0.3) is 0 Å². The summed E-state index contributed by atoms with van der Waals surface area (Å²) in [5, 5.41) is 5.63. The third-order valence-electron chi connectivity index (χ3n) is 3.82. The van der Waals surface area contributed by atoms with E-state index in [1.54, 1.807) is 6.26 Å². The second-order valence-corrected chi connectivity index (χ2v) is 7.21. The van der Waals surface area contributed by atoms with Crippen molar-refractivity contribution in [3.8, 4) is 5.75 Å². The highest BCUT2D eigenvalue weighted by molar-refractivity contribution is 7.84. The number of hydrogen-bond acceptors (Lipinski definition) is 3. The van der Waals surface area contributed by atoms with Gasteiger partial charge in [0.1, 0.15) is 5.75 Å². The number of urea groups is 1. The van der Waals surface area contributed by atoms with Gasteiger partial charge in [-0.2, -0.15) is 0 Å². The Morgan fingerprint density at radius 3 is 2.86 bits per heavy atom. The number of ether oxygens (including phenoxy) is 1. The monoisotopic (exact) mass is 310 g/mol. The predicted octanol–water partition coefficient (Wildman–Crippen LogP) is 1.62. The third kappa shape index (κ3) is 3.97. The van der Waals surface area contributed by atoms with E-state index >= 15 is 0 Å². The zero-order valence-electron chi connectivity index (χ0n) is 12.6. The lowest BCUT2D eigenvalue weighted by atomic mass is 9.94. The van der Waals surface area contributed by atoms with E-state index in [4.69, 9.17) is 4.74 Å². The molecule has 21 heavy (non-hydrogen) atoms. The molecule has 1 aromatic rings. The van der Waals surface area contributed by atoms with Crippen molar-refractivity contribution in [1.29, 1.82) is 0 Å². The first-order chi connectivity index (χ1) is 9.99. The molecule has 0 bridgehead atoms. The minimum atomic E-state index is -0.934. The Labute approximate surface area is 127 Å². The lowest BCUT2D eigenvalue weighted by molar-refractivity contribution is 0.233. The van der Waals surface area contributed by atoms with Gasteiger partial charge in [-0.3, -0.25) is 4.21 Å². The summed E-state index contributed by atoms with van der Waals surface area (Å²) in [6, 6.07) is 7.63. The van der Waals surface area contributed by atoms with Gasteiger partial charge in [0.15, 0.2) is 0 Å². The van der Waals surface area contributed by atoms with Gasteiger partial charge in [0, 0.05) is 46.4 Å². The molecule has 1 aliphatic heterocycles. The van der Waals surface area contributed by atoms with Crippen LogP contribution in [0.25, 0.3) is 0 Å². The summed E-state index contributed by atoms with van der Waals surface area (Å²) in [6.07, 6.45) is 1.64. The number of carbonyl (C=O) groups is 1. The smallest absolute Gasteiger partial charge is 0.315 e. The number of carbonyl (C=O) groups excluding carboxylic acids is 1. The van der Waals surface area contributed by atoms with Crippen molar-refractivity contribution in [1.82, 2.24) is 10.6 Å². The van der Waals surface area contributed by atoms with Crippen LogP contribution in [0.1, 0.15) is 25.3 Å². The highest BCUT2D eigenvalue weighted by Gasteiger charge is 2.29. The molecule has 0 fully saturated rings. The van der Waals surface area contributed by atoms with Crippen LogP contribution in [0.3, 0.4) is 0 Å². The molecular weight excluding hydrogens is 288 g/mol. The Morgan fingerprint density at radius 1 is 1.43 bits per heavy atom. The van der Waals surface area contributed by atoms with Crippen LogP contribution in [-0.4, -0.2) is 40.9 Å². The maximum absolute atomic E-state index is 11.9. The second kappa shape index (κ2) is 6.93. The van der Waals surface area contributed by atoms with Crippen molar-refractivity contribution in [3.05, 3.63) is 29.8 Å². The van der Waals surface area contributed by atoms with E-state index in [-0.39, 0.29) is 23.2 Å². The molecule has 116 valence electrons. The van der Waals surface area contributed by atoms with Gasteiger partial charge in [-0.05, 0) is 19.9 Å². The summed E-state index contributed by atoms with van der Waals surface area (Å²) in [4.78, 5) is 11.9. The second-order valence-electron chi connectivity index (χ2n) is 5.41. The van der Waals surface area contributed by atoms with Crippen molar-refractivity contribution >= 4 is 16.8 Å². The van der Waals surface area contributed by atoms with Gasteiger partial charge in [-0.25, -0.2) is 4.79 Å². The SMILES string of the molecule is CC(NC(=O)NCC(C)S(C)=O)C1COc2ccccc21. The Morgan fingerprint density at radius 2 is 2.14 bits per heavy atom. The van der Waals surface area contributed by atoms with Crippen LogP contribution in [0.4, 0.5) is 4.79 Å². The Balaban J connectivity index is 1.86. The molecule has 0 aliphatic carbocycles. The van der Waals surface area contributed by atoms with Gasteiger partial charge >= 0.3 is 6.03 Å². The third-order valence-corrected chi connectivity index (χ3v) is 5.12. The number of rotatable bonds is 5. The van der Waals surface area contributed by atoms with E-state index in [1.165, 1.54) is 0 Å². The van der Waals surface area contributed by atoms with Crippen molar-refractivity contribution in [2.24, 2.45) is 0 Å². The van der Waals surface area contributed by atoms with Gasteiger partial charge in [0.2, 0.25) is 0 Å². The Kier molecular flexibility index (Phi) is 5.22. The fourth-order valence-electron chi connectivity index (χ4n) is 2.31. The van der Waals surface area contributed by atoms with Crippen LogP contribution >= 0.6 is 0 Å². The number of amides is 2. The van der Waals surface area contributed by atoms with E-state index in [9.17, 15) is 9.00 Å². The van der Waals surface area contributed by atoms with Gasteiger partial charge in [-0.1, -0.05) is 18.2 Å². The van der Waals surface area contributed by atoms with Crippen molar-refractivity contribution in [3.63, 3.8) is 0 Å². The Hall–Kier alpha value is -1.56. The zero-order chi connectivity index (χ0) is 15.4. The van der Waals surface area contributed by atoms with E-state index in [1.807, 2.05) is 38.1 Å². The maximum atomic E-state index is 11.9. The number of para-hydroxylation sites is 1. The summed E-state index contributed by atoms with van der Waals surface area (Å²) in [5.74, 6) is 1.05. The van der Waals surface area contributed by atoms with Crippen LogP contribution < -0.4 is 15.4 Å². The van der Waals surface area contributed by atoms with Crippen LogP contribution in [0.5, 0.6) is 5.75 Å². The van der Waals surface area contributed by atoms with E-state index in [2.05, 4.69) is 10.6 Å². The summed E-state index contributed by atoms with van der Waals surface area (Å²) in [7, 11) is -0.934. The molecule has 0 saturated carbocycles. The molecule has 0 saturated heterocycles. The molecule has 2 N–H and O–H groups in total. The molecule has 1 heterocycles. The van der Waals surface area contributed by atoms with E-state index in [0.29, 0.717) is 13.2 Å². The standard InChI is InChI=1S/C15H22N2O3S/c1-10(21(3)19)8-16-15(18)17-11(2)13-9-20-14-7-5-4-6-12(13)14/h4-7,10-11,13H,8-9H2,1-3H3,(H2,16,17,18). The van der Waals surface area contributed by atoms with Crippen LogP contribution in [-0.2, 0) is 10.8 Å². The molecule has 0 aromatic heterocycles. The fraction of sp³-hybridized carbons (Fsp3) is 0.533. The van der Waals surface area contributed by atoms with E-state index < -0.39 is 10.8 Å². The zero-order valence-corrected chi connectivity index (χ0v) is 13.4. The number of hydrogen-bond donors (Lipinski definition) is 2. The molecular formula is C15H22N2O3S. The van der Waals surface area contributed by atoms with Crippen LogP contribution in [0.2, 0.25) is 0 Å². The predicted molar refractivity (Wildman–Crippen MR) is 84.2 cm³/mol. The van der Waals surface area contributed by atoms with Gasteiger partial charge in [-0.15, -0.1) is 0 Å². The summed E-state index contributed by atoms with van der Waals surface area (Å²) in [6.45, 7) is 4.80. The number of benzene rings is 1. The molecule has 6 heteroatoms. The van der Waals surface area contributed by atoms with E-state index in [0.717, 1.165) is 11.3 Å². The van der Waals surface area contributed by atoms with Crippen molar-refractivity contribution in [2.75, 3.05) is 19.4 Å². The average molecular weight is 310 g/mol. The summed E-state index contributed by atoms with van der Waals surface area (Å²) < 4.78 is 16.9. The number of fused-ring (bicyclic) bond motifs is 1. The molecule has 0 spiro atoms. The van der Waals surface area contributed by atoms with Crippen molar-refractivity contribution in [2.45, 2.75) is 31.1 Å². The minimum Gasteiger partial charge on any atom is -0.493 e. The first-order valence-corrected chi connectivity index (χ1v) is 8.69. The van der Waals surface area contributed by atoms with Gasteiger partial charge in [0.05, 0.1) is 6.61 Å². The molecule has 2 amide bonds. The molecule has 1 aliphatic rings. The minimum absolute atomic E-state index is 0.0314.